The van der Waals surface area contributed by atoms with E-state index in [1.54, 1.807) is 27.8 Å². The van der Waals surface area contributed by atoms with E-state index in [1.165, 1.54) is 17.0 Å². The van der Waals surface area contributed by atoms with Crippen LogP contribution < -0.4 is 26.2 Å². The van der Waals surface area contributed by atoms with Crippen LogP contribution in [-0.4, -0.2) is 169 Å². The van der Waals surface area contributed by atoms with Crippen LogP contribution in [0.5, 0.6) is 0 Å². The Kier molecular flexibility index (Phi) is 20.1. The van der Waals surface area contributed by atoms with Crippen LogP contribution in [0.25, 0.3) is 21.3 Å². The molecule has 6 aromatic rings. The second-order valence-corrected chi connectivity index (χ2v) is 23.0. The summed E-state index contributed by atoms with van der Waals surface area (Å²) in [6, 6.07) is 20.5. The Morgan fingerprint density at radius 1 is 0.843 bits per heavy atom. The Balaban J connectivity index is 0.678. The number of nitrogens with one attached hydrogen (secondary N) is 5. The number of carbonyl (C=O) groups is 5. The Hall–Kier alpha value is -7.41. The lowest BCUT2D eigenvalue weighted by atomic mass is 9.85. The highest BCUT2D eigenvalue weighted by Gasteiger charge is 2.44. The van der Waals surface area contributed by atoms with Gasteiger partial charge in [-0.05, 0) is 96.3 Å². The fourth-order valence-electron chi connectivity index (χ4n) is 10.4. The lowest BCUT2D eigenvalue weighted by molar-refractivity contribution is -0.144. The van der Waals surface area contributed by atoms with Gasteiger partial charge in [0.1, 0.15) is 36.9 Å². The average molecular weight is 1160 g/mol. The number of aliphatic hydroxyl groups is 1. The lowest BCUT2D eigenvalue weighted by Crippen LogP contribution is -2.58. The van der Waals surface area contributed by atoms with E-state index in [0.29, 0.717) is 72.9 Å². The number of hydrogen-bond donors (Lipinski definition) is 6. The maximum absolute atomic E-state index is 14.0. The van der Waals surface area contributed by atoms with Crippen molar-refractivity contribution in [2.75, 3.05) is 101 Å². The molecule has 3 saturated heterocycles. The molecule has 5 amide bonds. The SMILES string of the molecule is Cc1ncsc1-c1ccc(CNC(=O)[C@@H]2C[C@@H](O)CN2C(=O)[C@@H](NC(=O)COCCOCCOCC(=O)N2CCN(c3ccc(C(=O)Nc4n[nH]c5ccc(Cc6cc(F)cc(F)c6)cc45)c(NC4CCOCC4)c3)CC2)C(C)(C)C)cc1. The third kappa shape index (κ3) is 16.0. The maximum Gasteiger partial charge on any atom is 0.258 e. The molecule has 6 N–H and O–H groups in total. The van der Waals surface area contributed by atoms with Gasteiger partial charge in [-0.3, -0.25) is 29.1 Å². The van der Waals surface area contributed by atoms with E-state index in [-0.39, 0.29) is 83.4 Å². The van der Waals surface area contributed by atoms with Crippen LogP contribution in [0.2, 0.25) is 0 Å². The number of aliphatic hydroxyl groups excluding tert-OH is 1. The first-order valence-corrected chi connectivity index (χ1v) is 28.9. The van der Waals surface area contributed by atoms with Crippen molar-refractivity contribution in [3.05, 3.63) is 124 Å². The van der Waals surface area contributed by atoms with Gasteiger partial charge in [-0.25, -0.2) is 13.8 Å². The van der Waals surface area contributed by atoms with E-state index >= 15 is 0 Å². The predicted molar refractivity (Wildman–Crippen MR) is 310 cm³/mol. The summed E-state index contributed by atoms with van der Waals surface area (Å²) in [5.74, 6) is -2.90. The van der Waals surface area contributed by atoms with Crippen LogP contribution in [0, 0.1) is 24.0 Å². The molecule has 0 radical (unpaired) electrons. The fourth-order valence-corrected chi connectivity index (χ4v) is 11.3. The minimum atomic E-state index is -1.01. The Morgan fingerprint density at radius 3 is 2.24 bits per heavy atom. The molecule has 3 atom stereocenters. The number of piperazine rings is 1. The van der Waals surface area contributed by atoms with Crippen LogP contribution in [-0.2, 0) is 51.1 Å². The number of likely N-dealkylation sites (tertiary alicyclic amines) is 1. The van der Waals surface area contributed by atoms with Crippen molar-refractivity contribution in [2.45, 2.75) is 84.2 Å². The van der Waals surface area contributed by atoms with Gasteiger partial charge in [0, 0.05) is 87.8 Å². The predicted octanol–water partition coefficient (Wildman–Crippen LogP) is 6.21. The first-order chi connectivity index (χ1) is 39.9. The molecule has 442 valence electrons. The number of H-pyrrole nitrogens is 1. The number of anilines is 3. The molecule has 0 spiro atoms. The Labute approximate surface area is 484 Å². The van der Waals surface area contributed by atoms with E-state index in [2.05, 4.69) is 41.3 Å². The van der Waals surface area contributed by atoms with Crippen molar-refractivity contribution in [2.24, 2.45) is 5.41 Å². The molecule has 3 aliphatic heterocycles. The number of ether oxygens (including phenoxy) is 4. The second kappa shape index (κ2) is 27.8. The third-order valence-electron chi connectivity index (χ3n) is 14.9. The number of carbonyl (C=O) groups excluding carboxylic acids is 5. The quantitative estimate of drug-likeness (QED) is 0.0391. The van der Waals surface area contributed by atoms with Gasteiger partial charge in [-0.15, -0.1) is 11.3 Å². The number of aromatic amines is 1. The van der Waals surface area contributed by atoms with Crippen molar-refractivity contribution in [3.63, 3.8) is 0 Å². The van der Waals surface area contributed by atoms with E-state index in [4.69, 9.17) is 18.9 Å². The number of aromatic nitrogens is 3. The summed E-state index contributed by atoms with van der Waals surface area (Å²) in [7, 11) is 0. The minimum Gasteiger partial charge on any atom is -0.391 e. The molecule has 3 fully saturated rings. The van der Waals surface area contributed by atoms with Gasteiger partial charge < -0.3 is 60.0 Å². The average Bonchev–Trinajstić information content (AvgIpc) is 4.45. The van der Waals surface area contributed by atoms with Crippen molar-refractivity contribution in [3.8, 4) is 10.4 Å². The number of β-amino-alcohol motifs (C(OH)–C–C–N with tert-alkyl or cyclic N) is 1. The zero-order valence-corrected chi connectivity index (χ0v) is 48.0. The van der Waals surface area contributed by atoms with Crippen molar-refractivity contribution >= 4 is 69.0 Å². The largest absolute Gasteiger partial charge is 0.391 e. The van der Waals surface area contributed by atoms with Crippen molar-refractivity contribution in [1.29, 1.82) is 0 Å². The first-order valence-electron chi connectivity index (χ1n) is 28.0. The fraction of sp³-hybridized carbons (Fsp3) is 0.450. The number of fused-ring (bicyclic) bond motifs is 1. The molecule has 5 heterocycles. The summed E-state index contributed by atoms with van der Waals surface area (Å²) < 4.78 is 50.3. The number of aryl methyl sites for hydroxylation is 1. The molecule has 0 saturated carbocycles. The van der Waals surface area contributed by atoms with Gasteiger partial charge >= 0.3 is 0 Å². The van der Waals surface area contributed by atoms with E-state index in [0.717, 1.165) is 51.9 Å². The lowest BCUT2D eigenvalue weighted by Gasteiger charge is -2.36. The summed E-state index contributed by atoms with van der Waals surface area (Å²) >= 11 is 1.56. The van der Waals surface area contributed by atoms with Gasteiger partial charge in [0.2, 0.25) is 23.6 Å². The molecule has 0 aliphatic carbocycles. The zero-order valence-electron chi connectivity index (χ0n) is 47.1. The number of thiazole rings is 1. The number of rotatable bonds is 23. The molecule has 9 rings (SSSR count). The normalized spacial score (nSPS) is 17.2. The molecular weight excluding hydrogens is 1090 g/mol. The molecular formula is C60H72F2N10O10S. The van der Waals surface area contributed by atoms with Crippen LogP contribution >= 0.6 is 11.3 Å². The van der Waals surface area contributed by atoms with E-state index < -0.39 is 53.0 Å². The second-order valence-electron chi connectivity index (χ2n) is 22.2. The smallest absolute Gasteiger partial charge is 0.258 e. The number of hydrogen-bond acceptors (Lipinski definition) is 15. The molecule has 23 heteroatoms. The van der Waals surface area contributed by atoms with Crippen molar-refractivity contribution in [1.82, 2.24) is 35.6 Å². The number of amides is 5. The van der Waals surface area contributed by atoms with Crippen LogP contribution in [0.1, 0.15) is 72.8 Å². The number of benzene rings is 4. The summed E-state index contributed by atoms with van der Waals surface area (Å²) in [5.41, 5.74) is 7.84. The standard InChI is InChI=1S/C60H72F2N10O10S/c1-37-54(83-36-64-37)41-8-5-38(6-9-41)32-63-58(77)51-31-46(73)33-72(51)59(78)55(60(2,3)4)66-52(74)34-81-23-21-80-22-24-82-35-53(75)71-17-15-70(16-18-71)45-10-11-47(50(30-45)65-44-13-19-79-20-14-44)57(76)67-56-48-28-39(7-12-49(48)68-69-56)25-40-26-42(61)29-43(62)27-40/h5-12,26-30,36,44,46,51,55,65,73H,13-25,31-35H2,1-4H3,(H,63,77)(H,66,74)(H2,67,68,69,76)/t46-,51+,55-/m1/s1. The molecule has 4 aromatic carbocycles. The highest BCUT2D eigenvalue weighted by molar-refractivity contribution is 7.13. The summed E-state index contributed by atoms with van der Waals surface area (Å²) in [6.07, 6.45) is 0.995. The molecule has 20 nitrogen and oxygen atoms in total. The minimum absolute atomic E-state index is 0.0448. The van der Waals surface area contributed by atoms with Crippen LogP contribution in [0.3, 0.4) is 0 Å². The van der Waals surface area contributed by atoms with E-state index in [9.17, 15) is 37.9 Å². The monoisotopic (exact) mass is 1160 g/mol. The highest BCUT2D eigenvalue weighted by Crippen LogP contribution is 2.32. The number of halogens is 2. The molecule has 0 bridgehead atoms. The first kappa shape index (κ1) is 60.2. The molecule has 83 heavy (non-hydrogen) atoms. The highest BCUT2D eigenvalue weighted by atomic mass is 32.1. The number of nitrogens with zero attached hydrogens (tertiary/aromatic N) is 5. The summed E-state index contributed by atoms with van der Waals surface area (Å²) in [6.45, 7) is 10.9. The van der Waals surface area contributed by atoms with Crippen LogP contribution in [0.15, 0.2) is 84.4 Å². The van der Waals surface area contributed by atoms with E-state index in [1.807, 2.05) is 82.3 Å². The topological polar surface area (TPSA) is 242 Å². The summed E-state index contributed by atoms with van der Waals surface area (Å²) in [5, 5.41) is 30.8. The Morgan fingerprint density at radius 2 is 1.54 bits per heavy atom. The molecule has 3 aliphatic rings. The maximum atomic E-state index is 14.0. The molecule has 2 aromatic heterocycles. The van der Waals surface area contributed by atoms with Gasteiger partial charge in [-0.2, -0.15) is 5.10 Å². The van der Waals surface area contributed by atoms with Gasteiger partial charge in [-0.1, -0.05) is 51.1 Å². The van der Waals surface area contributed by atoms with Gasteiger partial charge in [0.05, 0.1) is 59.7 Å². The van der Waals surface area contributed by atoms with Crippen LogP contribution in [0.4, 0.5) is 26.0 Å². The zero-order chi connectivity index (χ0) is 58.6. The molecule has 0 unspecified atom stereocenters. The van der Waals surface area contributed by atoms with Crippen molar-refractivity contribution < 1.29 is 56.8 Å². The van der Waals surface area contributed by atoms with Gasteiger partial charge in [0.15, 0.2) is 5.82 Å². The summed E-state index contributed by atoms with van der Waals surface area (Å²) in [4.78, 5) is 78.5. The Bertz CT molecular complexity index is 3210. The van der Waals surface area contributed by atoms with Gasteiger partial charge in [0.25, 0.3) is 5.91 Å². The third-order valence-corrected chi connectivity index (χ3v) is 15.9.